The normalized spacial score (nSPS) is 19.5. The Bertz CT molecular complexity index is 972. The standard InChI is InChI=1S/C22H26F2N4O3/c1-12-8-14(9-27(3)22(12)31-11-18(23)24)13(2)28-10-17-16(21(28)30)6-7-25-19(17)20(29)26-15-4-5-15/h6-8,13,15,18H,4-5,9-11H2,1-3H3,(H,26,29). The van der Waals surface area contributed by atoms with Crippen molar-refractivity contribution in [1.82, 2.24) is 20.1 Å². The molecule has 0 saturated heterocycles. The van der Waals surface area contributed by atoms with Crippen molar-refractivity contribution in [2.24, 2.45) is 0 Å². The summed E-state index contributed by atoms with van der Waals surface area (Å²) < 4.78 is 30.3. The van der Waals surface area contributed by atoms with Crippen molar-refractivity contribution in [3.8, 4) is 0 Å². The van der Waals surface area contributed by atoms with Crippen LogP contribution in [-0.4, -0.2) is 65.3 Å². The van der Waals surface area contributed by atoms with Gasteiger partial charge in [-0.3, -0.25) is 14.6 Å². The Morgan fingerprint density at radius 2 is 2.10 bits per heavy atom. The molecule has 1 aliphatic carbocycles. The molecule has 166 valence electrons. The fraction of sp³-hybridized carbons (Fsp3) is 0.500. The molecule has 1 aromatic heterocycles. The van der Waals surface area contributed by atoms with E-state index in [2.05, 4.69) is 10.3 Å². The minimum absolute atomic E-state index is 0.143. The van der Waals surface area contributed by atoms with Gasteiger partial charge in [0.05, 0.1) is 6.04 Å². The third-order valence-electron chi connectivity index (χ3n) is 5.86. The SMILES string of the molecule is CC1=C(OCC(F)F)N(C)CC(C(C)N2Cc3c(ccnc3C(=O)NC3CC3)C2=O)=C1. The van der Waals surface area contributed by atoms with Crippen LogP contribution in [0.1, 0.15) is 53.1 Å². The van der Waals surface area contributed by atoms with Gasteiger partial charge in [-0.1, -0.05) is 6.08 Å². The van der Waals surface area contributed by atoms with Crippen LogP contribution in [0, 0.1) is 0 Å². The number of hydrogen-bond acceptors (Lipinski definition) is 5. The predicted molar refractivity (Wildman–Crippen MR) is 109 cm³/mol. The number of halogens is 2. The summed E-state index contributed by atoms with van der Waals surface area (Å²) in [6, 6.07) is 1.62. The Hall–Kier alpha value is -2.97. The van der Waals surface area contributed by atoms with E-state index in [0.717, 1.165) is 24.0 Å². The first-order valence-corrected chi connectivity index (χ1v) is 10.4. The monoisotopic (exact) mass is 432 g/mol. The highest BCUT2D eigenvalue weighted by Crippen LogP contribution is 2.31. The van der Waals surface area contributed by atoms with Crippen LogP contribution in [0.3, 0.4) is 0 Å². The molecule has 1 aromatic rings. The second-order valence-corrected chi connectivity index (χ2v) is 8.31. The maximum Gasteiger partial charge on any atom is 0.272 e. The summed E-state index contributed by atoms with van der Waals surface area (Å²) in [5, 5.41) is 2.94. The molecule has 1 saturated carbocycles. The molecule has 1 atom stereocenters. The summed E-state index contributed by atoms with van der Waals surface area (Å²) in [6.07, 6.45) is 2.79. The van der Waals surface area contributed by atoms with E-state index < -0.39 is 13.0 Å². The average Bonchev–Trinajstić information content (AvgIpc) is 3.47. The first-order chi connectivity index (χ1) is 14.8. The van der Waals surface area contributed by atoms with E-state index in [-0.39, 0.29) is 23.9 Å². The van der Waals surface area contributed by atoms with Crippen molar-refractivity contribution < 1.29 is 23.1 Å². The van der Waals surface area contributed by atoms with Gasteiger partial charge in [0.25, 0.3) is 18.2 Å². The van der Waals surface area contributed by atoms with Gasteiger partial charge in [0.2, 0.25) is 0 Å². The third-order valence-corrected chi connectivity index (χ3v) is 5.86. The lowest BCUT2D eigenvalue weighted by Crippen LogP contribution is -2.39. The highest BCUT2D eigenvalue weighted by Gasteiger charge is 2.37. The minimum atomic E-state index is -2.54. The number of aromatic nitrogens is 1. The summed E-state index contributed by atoms with van der Waals surface area (Å²) in [7, 11) is 1.77. The fourth-order valence-electron chi connectivity index (χ4n) is 4.09. The summed E-state index contributed by atoms with van der Waals surface area (Å²) in [6.45, 7) is 3.82. The van der Waals surface area contributed by atoms with Crippen LogP contribution in [0.4, 0.5) is 8.78 Å². The van der Waals surface area contributed by atoms with Crippen LogP contribution in [-0.2, 0) is 11.3 Å². The second kappa shape index (κ2) is 8.28. The van der Waals surface area contributed by atoms with E-state index >= 15 is 0 Å². The molecule has 0 bridgehead atoms. The minimum Gasteiger partial charge on any atom is -0.473 e. The largest absolute Gasteiger partial charge is 0.473 e. The molecular formula is C22H26F2N4O3. The van der Waals surface area contributed by atoms with Gasteiger partial charge in [-0.25, -0.2) is 8.78 Å². The number of ether oxygens (including phenoxy) is 1. The van der Waals surface area contributed by atoms with Gasteiger partial charge in [0.15, 0.2) is 12.5 Å². The van der Waals surface area contributed by atoms with Crippen LogP contribution in [0.25, 0.3) is 0 Å². The van der Waals surface area contributed by atoms with Crippen molar-refractivity contribution in [2.75, 3.05) is 20.2 Å². The van der Waals surface area contributed by atoms with Crippen LogP contribution in [0.15, 0.2) is 35.4 Å². The molecule has 1 N–H and O–H groups in total. The number of nitrogens with zero attached hydrogens (tertiary/aromatic N) is 3. The molecule has 1 fully saturated rings. The van der Waals surface area contributed by atoms with Gasteiger partial charge in [-0.15, -0.1) is 0 Å². The first-order valence-electron chi connectivity index (χ1n) is 10.4. The number of pyridine rings is 1. The predicted octanol–water partition coefficient (Wildman–Crippen LogP) is 2.70. The molecule has 31 heavy (non-hydrogen) atoms. The van der Waals surface area contributed by atoms with E-state index in [1.54, 1.807) is 29.8 Å². The number of fused-ring (bicyclic) bond motifs is 1. The number of carbonyl (C=O) groups excluding carboxylic acids is 2. The summed E-state index contributed by atoms with van der Waals surface area (Å²) in [5.74, 6) is 0.0312. The molecular weight excluding hydrogens is 406 g/mol. The number of likely N-dealkylation sites (N-methyl/N-ethyl adjacent to an activating group) is 1. The molecule has 3 heterocycles. The quantitative estimate of drug-likeness (QED) is 0.717. The number of amides is 2. The van der Waals surface area contributed by atoms with E-state index in [1.165, 1.54) is 6.20 Å². The van der Waals surface area contributed by atoms with Crippen molar-refractivity contribution in [2.45, 2.75) is 51.7 Å². The topological polar surface area (TPSA) is 74.8 Å². The smallest absolute Gasteiger partial charge is 0.272 e. The van der Waals surface area contributed by atoms with E-state index in [9.17, 15) is 18.4 Å². The van der Waals surface area contributed by atoms with Gasteiger partial charge in [-0.05, 0) is 38.3 Å². The van der Waals surface area contributed by atoms with Gasteiger partial charge < -0.3 is 19.9 Å². The summed E-state index contributed by atoms with van der Waals surface area (Å²) in [5.41, 5.74) is 3.14. The Morgan fingerprint density at radius 3 is 2.74 bits per heavy atom. The zero-order valence-electron chi connectivity index (χ0n) is 17.8. The van der Waals surface area contributed by atoms with Crippen molar-refractivity contribution >= 4 is 11.8 Å². The highest BCUT2D eigenvalue weighted by atomic mass is 19.3. The Balaban J connectivity index is 1.54. The van der Waals surface area contributed by atoms with Gasteiger partial charge >= 0.3 is 0 Å². The first kappa shape index (κ1) is 21.3. The molecule has 0 radical (unpaired) electrons. The van der Waals surface area contributed by atoms with Gasteiger partial charge in [0, 0.05) is 49.1 Å². The number of rotatable bonds is 7. The Morgan fingerprint density at radius 1 is 1.35 bits per heavy atom. The van der Waals surface area contributed by atoms with Crippen molar-refractivity contribution in [3.05, 3.63) is 52.2 Å². The Labute approximate surface area is 179 Å². The number of nitrogens with one attached hydrogen (secondary N) is 1. The van der Waals surface area contributed by atoms with Crippen molar-refractivity contribution in [3.63, 3.8) is 0 Å². The lowest BCUT2D eigenvalue weighted by atomic mass is 10.0. The maximum atomic E-state index is 13.1. The Kier molecular flexibility index (Phi) is 5.68. The lowest BCUT2D eigenvalue weighted by molar-refractivity contribution is 0.0221. The maximum absolute atomic E-state index is 13.1. The lowest BCUT2D eigenvalue weighted by Gasteiger charge is -2.34. The highest BCUT2D eigenvalue weighted by molar-refractivity contribution is 6.03. The van der Waals surface area contributed by atoms with Crippen LogP contribution in [0.5, 0.6) is 0 Å². The van der Waals surface area contributed by atoms with Gasteiger partial charge in [-0.2, -0.15) is 0 Å². The molecule has 2 amide bonds. The zero-order valence-corrected chi connectivity index (χ0v) is 17.8. The summed E-state index contributed by atoms with van der Waals surface area (Å²) in [4.78, 5) is 33.4. The molecule has 0 spiro atoms. The van der Waals surface area contributed by atoms with Crippen LogP contribution >= 0.6 is 0 Å². The molecule has 2 aliphatic heterocycles. The fourth-order valence-corrected chi connectivity index (χ4v) is 4.09. The molecule has 9 heteroatoms. The summed E-state index contributed by atoms with van der Waals surface area (Å²) >= 11 is 0. The number of allylic oxidation sites excluding steroid dienone is 2. The van der Waals surface area contributed by atoms with E-state index in [0.29, 0.717) is 35.8 Å². The molecule has 4 rings (SSSR count). The average molecular weight is 432 g/mol. The molecule has 1 unspecified atom stereocenters. The van der Waals surface area contributed by atoms with E-state index in [1.807, 2.05) is 13.0 Å². The second-order valence-electron chi connectivity index (χ2n) is 8.31. The van der Waals surface area contributed by atoms with Crippen LogP contribution < -0.4 is 5.32 Å². The molecule has 0 aromatic carbocycles. The third kappa shape index (κ3) is 4.26. The molecule has 7 nitrogen and oxygen atoms in total. The van der Waals surface area contributed by atoms with Crippen molar-refractivity contribution in [1.29, 1.82) is 0 Å². The van der Waals surface area contributed by atoms with E-state index in [4.69, 9.17) is 4.74 Å². The van der Waals surface area contributed by atoms with Crippen LogP contribution in [0.2, 0.25) is 0 Å². The molecule has 3 aliphatic rings. The zero-order chi connectivity index (χ0) is 22.3. The number of carbonyl (C=O) groups is 2. The number of alkyl halides is 2. The number of hydrogen-bond donors (Lipinski definition) is 1. The van der Waals surface area contributed by atoms with Gasteiger partial charge in [0.1, 0.15) is 5.69 Å².